The van der Waals surface area contributed by atoms with Crippen LogP contribution in [-0.2, 0) is 17.9 Å². The number of hydrogen-bond donors (Lipinski definition) is 0. The largest absolute Gasteiger partial charge is 0.497 e. The summed E-state index contributed by atoms with van der Waals surface area (Å²) in [5.41, 5.74) is 1.93. The third-order valence-electron chi connectivity index (χ3n) is 3.60. The Bertz CT molecular complexity index is 702. The Morgan fingerprint density at radius 3 is 2.95 bits per heavy atom. The number of rotatable bonds is 3. The fraction of sp³-hybridized carbons (Fsp3) is 0.235. The van der Waals surface area contributed by atoms with Gasteiger partial charge in [-0.25, -0.2) is 0 Å². The number of methoxy groups -OCH3 is 1. The molecule has 0 aromatic heterocycles. The molecule has 3 rings (SSSR count). The molecule has 2 aromatic rings. The average Bonchev–Trinajstić information content (AvgIpc) is 2.67. The monoisotopic (exact) mass is 317 g/mol. The lowest BCUT2D eigenvalue weighted by atomic mass is 10.1. The summed E-state index contributed by atoms with van der Waals surface area (Å²) < 4.78 is 10.8. The van der Waals surface area contributed by atoms with E-state index in [0.717, 1.165) is 16.9 Å². The predicted octanol–water partition coefficient (Wildman–Crippen LogP) is 3.27. The second kappa shape index (κ2) is 6.28. The van der Waals surface area contributed by atoms with Crippen molar-refractivity contribution in [2.75, 3.05) is 13.7 Å². The van der Waals surface area contributed by atoms with Crippen molar-refractivity contribution >= 4 is 17.5 Å². The molecule has 22 heavy (non-hydrogen) atoms. The summed E-state index contributed by atoms with van der Waals surface area (Å²) >= 11 is 6.04. The standard InChI is InChI=1S/C17H16ClNO3/c1-21-15-4-2-3-12(7-15)9-19-10-13-8-14(18)5-6-16(13)22-11-17(19)20/h2-8H,9-11H2,1H3. The van der Waals surface area contributed by atoms with Gasteiger partial charge in [-0.1, -0.05) is 23.7 Å². The van der Waals surface area contributed by atoms with Crippen LogP contribution in [0.25, 0.3) is 0 Å². The van der Waals surface area contributed by atoms with E-state index in [2.05, 4.69) is 0 Å². The summed E-state index contributed by atoms with van der Waals surface area (Å²) in [5, 5.41) is 0.637. The molecule has 0 aliphatic carbocycles. The summed E-state index contributed by atoms with van der Waals surface area (Å²) in [6, 6.07) is 13.1. The molecule has 114 valence electrons. The summed E-state index contributed by atoms with van der Waals surface area (Å²) in [4.78, 5) is 14.0. The zero-order chi connectivity index (χ0) is 15.5. The first-order valence-electron chi connectivity index (χ1n) is 6.97. The molecule has 0 saturated heterocycles. The lowest BCUT2D eigenvalue weighted by Crippen LogP contribution is -2.31. The van der Waals surface area contributed by atoms with E-state index in [0.29, 0.717) is 23.9 Å². The van der Waals surface area contributed by atoms with Crippen LogP contribution in [0.3, 0.4) is 0 Å². The summed E-state index contributed by atoms with van der Waals surface area (Å²) in [6.45, 7) is 1.02. The normalized spacial score (nSPS) is 14.1. The maximum Gasteiger partial charge on any atom is 0.261 e. The zero-order valence-corrected chi connectivity index (χ0v) is 13.0. The minimum atomic E-state index is -0.0462. The molecule has 0 spiro atoms. The van der Waals surface area contributed by atoms with Crippen molar-refractivity contribution in [1.29, 1.82) is 0 Å². The molecule has 0 saturated carbocycles. The number of halogens is 1. The molecule has 2 aromatic carbocycles. The lowest BCUT2D eigenvalue weighted by Gasteiger charge is -2.20. The SMILES string of the molecule is COc1cccc(CN2Cc3cc(Cl)ccc3OCC2=O)c1. The van der Waals surface area contributed by atoms with E-state index in [9.17, 15) is 4.79 Å². The number of benzene rings is 2. The van der Waals surface area contributed by atoms with E-state index < -0.39 is 0 Å². The van der Waals surface area contributed by atoms with Crippen LogP contribution in [0.2, 0.25) is 5.02 Å². The van der Waals surface area contributed by atoms with Crippen LogP contribution in [0.15, 0.2) is 42.5 Å². The van der Waals surface area contributed by atoms with Gasteiger partial charge in [0.25, 0.3) is 5.91 Å². The molecule has 4 nitrogen and oxygen atoms in total. The van der Waals surface area contributed by atoms with E-state index in [4.69, 9.17) is 21.1 Å². The van der Waals surface area contributed by atoms with E-state index in [1.165, 1.54) is 0 Å². The van der Waals surface area contributed by atoms with Gasteiger partial charge < -0.3 is 14.4 Å². The van der Waals surface area contributed by atoms with Crippen molar-refractivity contribution in [3.05, 3.63) is 58.6 Å². The van der Waals surface area contributed by atoms with Crippen LogP contribution in [0.1, 0.15) is 11.1 Å². The smallest absolute Gasteiger partial charge is 0.261 e. The molecule has 0 fully saturated rings. The molecule has 5 heteroatoms. The Morgan fingerprint density at radius 2 is 2.14 bits per heavy atom. The minimum absolute atomic E-state index is 0.0403. The highest BCUT2D eigenvalue weighted by Crippen LogP contribution is 2.27. The first-order chi connectivity index (χ1) is 10.7. The Labute approximate surface area is 134 Å². The zero-order valence-electron chi connectivity index (χ0n) is 12.2. The summed E-state index contributed by atoms with van der Waals surface area (Å²) in [5.74, 6) is 1.44. The first-order valence-corrected chi connectivity index (χ1v) is 7.35. The molecular formula is C17H16ClNO3. The van der Waals surface area contributed by atoms with Crippen LogP contribution in [0.5, 0.6) is 11.5 Å². The molecule has 1 heterocycles. The molecule has 0 bridgehead atoms. The summed E-state index contributed by atoms with van der Waals surface area (Å²) in [7, 11) is 1.63. The van der Waals surface area contributed by atoms with Crippen LogP contribution >= 0.6 is 11.6 Å². The number of amides is 1. The van der Waals surface area contributed by atoms with Crippen LogP contribution in [0.4, 0.5) is 0 Å². The van der Waals surface area contributed by atoms with Crippen LogP contribution in [-0.4, -0.2) is 24.5 Å². The highest BCUT2D eigenvalue weighted by molar-refractivity contribution is 6.30. The van der Waals surface area contributed by atoms with Gasteiger partial charge in [0.05, 0.1) is 7.11 Å². The van der Waals surface area contributed by atoms with Gasteiger partial charge >= 0.3 is 0 Å². The predicted molar refractivity (Wildman–Crippen MR) is 84.2 cm³/mol. The number of hydrogen-bond acceptors (Lipinski definition) is 3. The van der Waals surface area contributed by atoms with E-state index >= 15 is 0 Å². The van der Waals surface area contributed by atoms with Gasteiger partial charge in [0.15, 0.2) is 6.61 Å². The lowest BCUT2D eigenvalue weighted by molar-refractivity contribution is -0.133. The van der Waals surface area contributed by atoms with Crippen molar-refractivity contribution in [2.45, 2.75) is 13.1 Å². The van der Waals surface area contributed by atoms with Gasteiger partial charge in [0, 0.05) is 23.7 Å². The van der Waals surface area contributed by atoms with Crippen LogP contribution in [0, 0.1) is 0 Å². The van der Waals surface area contributed by atoms with Gasteiger partial charge in [-0.15, -0.1) is 0 Å². The van der Waals surface area contributed by atoms with Gasteiger partial charge in [0.2, 0.25) is 0 Å². The molecule has 1 amide bonds. The van der Waals surface area contributed by atoms with Crippen LogP contribution < -0.4 is 9.47 Å². The highest BCUT2D eigenvalue weighted by atomic mass is 35.5. The Balaban J connectivity index is 1.84. The number of carbonyl (C=O) groups excluding carboxylic acids is 1. The van der Waals surface area contributed by atoms with E-state index in [1.54, 1.807) is 24.1 Å². The molecule has 0 atom stereocenters. The molecule has 1 aliphatic heterocycles. The van der Waals surface area contributed by atoms with Crippen molar-refractivity contribution in [2.24, 2.45) is 0 Å². The third kappa shape index (κ3) is 3.17. The fourth-order valence-corrected chi connectivity index (χ4v) is 2.67. The van der Waals surface area contributed by atoms with E-state index in [-0.39, 0.29) is 12.5 Å². The average molecular weight is 318 g/mol. The third-order valence-corrected chi connectivity index (χ3v) is 3.83. The first kappa shape index (κ1) is 14.7. The van der Waals surface area contributed by atoms with Gasteiger partial charge in [-0.2, -0.15) is 0 Å². The fourth-order valence-electron chi connectivity index (χ4n) is 2.47. The van der Waals surface area contributed by atoms with Crippen molar-refractivity contribution in [3.8, 4) is 11.5 Å². The van der Waals surface area contributed by atoms with Gasteiger partial charge in [0.1, 0.15) is 11.5 Å². The number of fused-ring (bicyclic) bond motifs is 1. The maximum absolute atomic E-state index is 12.3. The second-order valence-electron chi connectivity index (χ2n) is 5.14. The second-order valence-corrected chi connectivity index (χ2v) is 5.58. The van der Waals surface area contributed by atoms with Gasteiger partial charge in [-0.3, -0.25) is 4.79 Å². The Kier molecular flexibility index (Phi) is 4.20. The van der Waals surface area contributed by atoms with Crippen molar-refractivity contribution < 1.29 is 14.3 Å². The number of nitrogens with zero attached hydrogens (tertiary/aromatic N) is 1. The Morgan fingerprint density at radius 1 is 1.27 bits per heavy atom. The molecule has 1 aliphatic rings. The summed E-state index contributed by atoms with van der Waals surface area (Å²) in [6.07, 6.45) is 0. The quantitative estimate of drug-likeness (QED) is 0.872. The number of carbonyl (C=O) groups is 1. The molecule has 0 unspecified atom stereocenters. The van der Waals surface area contributed by atoms with Crippen molar-refractivity contribution in [3.63, 3.8) is 0 Å². The topological polar surface area (TPSA) is 38.8 Å². The Hall–Kier alpha value is -2.20. The highest BCUT2D eigenvalue weighted by Gasteiger charge is 2.22. The number of ether oxygens (including phenoxy) is 2. The minimum Gasteiger partial charge on any atom is -0.497 e. The molecular weight excluding hydrogens is 302 g/mol. The maximum atomic E-state index is 12.3. The molecule has 0 N–H and O–H groups in total. The van der Waals surface area contributed by atoms with Gasteiger partial charge in [-0.05, 0) is 35.9 Å². The van der Waals surface area contributed by atoms with Crippen molar-refractivity contribution in [1.82, 2.24) is 4.90 Å². The van der Waals surface area contributed by atoms with E-state index in [1.807, 2.05) is 30.3 Å². The molecule has 0 radical (unpaired) electrons.